The van der Waals surface area contributed by atoms with Crippen LogP contribution in [0.4, 0.5) is 4.79 Å². The summed E-state index contributed by atoms with van der Waals surface area (Å²) in [6, 6.07) is 15.7. The van der Waals surface area contributed by atoms with Crippen molar-refractivity contribution in [3.05, 3.63) is 70.8 Å². The molecular weight excluding hydrogens is 398 g/mol. The van der Waals surface area contributed by atoms with Gasteiger partial charge in [-0.1, -0.05) is 48.5 Å². The molecule has 4 heteroatoms. The molecule has 0 spiro atoms. The molecule has 2 aromatic rings. The first kappa shape index (κ1) is 22.1. The number of amides is 1. The third-order valence-corrected chi connectivity index (χ3v) is 6.55. The van der Waals surface area contributed by atoms with E-state index < -0.39 is 5.60 Å². The van der Waals surface area contributed by atoms with Crippen molar-refractivity contribution in [3.63, 3.8) is 0 Å². The summed E-state index contributed by atoms with van der Waals surface area (Å²) in [7, 11) is 0. The molecule has 166 valence electrons. The lowest BCUT2D eigenvalue weighted by Gasteiger charge is -2.36. The molecule has 1 aliphatic heterocycles. The van der Waals surface area contributed by atoms with E-state index in [-0.39, 0.29) is 23.7 Å². The molecule has 2 aliphatic rings. The molecule has 1 unspecified atom stereocenters. The molecule has 0 saturated carbocycles. The fourth-order valence-electron chi connectivity index (χ4n) is 5.03. The van der Waals surface area contributed by atoms with E-state index >= 15 is 0 Å². The van der Waals surface area contributed by atoms with Gasteiger partial charge in [0.05, 0.1) is 0 Å². The number of piperidine rings is 1. The fourth-order valence-corrected chi connectivity index (χ4v) is 5.03. The SMILES string of the molecule is C#CC(CC1CCN(C(=O)OC(C)(C)C)CC1)C1c2ccccc2C(=O)c2ccccc21. The Hall–Kier alpha value is -3.06. The van der Waals surface area contributed by atoms with Crippen LogP contribution < -0.4 is 0 Å². The number of hydrogen-bond acceptors (Lipinski definition) is 3. The average Bonchev–Trinajstić information content (AvgIpc) is 2.78. The summed E-state index contributed by atoms with van der Waals surface area (Å²) in [6.07, 6.45) is 8.55. The molecule has 0 aromatic heterocycles. The highest BCUT2D eigenvalue weighted by molar-refractivity contribution is 6.12. The normalized spacial score (nSPS) is 17.8. The summed E-state index contributed by atoms with van der Waals surface area (Å²) in [6.45, 7) is 7.04. The summed E-state index contributed by atoms with van der Waals surface area (Å²) in [5.74, 6) is 3.58. The molecule has 1 heterocycles. The summed E-state index contributed by atoms with van der Waals surface area (Å²) in [5, 5.41) is 0. The maximum Gasteiger partial charge on any atom is 0.410 e. The zero-order chi connectivity index (χ0) is 22.9. The molecule has 1 aliphatic carbocycles. The van der Waals surface area contributed by atoms with Crippen molar-refractivity contribution in [2.75, 3.05) is 13.1 Å². The van der Waals surface area contributed by atoms with Crippen molar-refractivity contribution in [1.82, 2.24) is 4.90 Å². The molecule has 0 bridgehead atoms. The highest BCUT2D eigenvalue weighted by Crippen LogP contribution is 2.43. The van der Waals surface area contributed by atoms with E-state index in [2.05, 4.69) is 5.92 Å². The minimum Gasteiger partial charge on any atom is -0.444 e. The van der Waals surface area contributed by atoms with Crippen molar-refractivity contribution >= 4 is 11.9 Å². The Balaban J connectivity index is 1.51. The van der Waals surface area contributed by atoms with Gasteiger partial charge >= 0.3 is 6.09 Å². The van der Waals surface area contributed by atoms with E-state index in [0.29, 0.717) is 19.0 Å². The van der Waals surface area contributed by atoms with Gasteiger partial charge in [-0.15, -0.1) is 12.3 Å². The smallest absolute Gasteiger partial charge is 0.410 e. The number of carbonyl (C=O) groups is 2. The fraction of sp³-hybridized carbons (Fsp3) is 0.429. The summed E-state index contributed by atoms with van der Waals surface area (Å²) < 4.78 is 5.52. The Morgan fingerprint density at radius 3 is 2.09 bits per heavy atom. The maximum absolute atomic E-state index is 13.1. The van der Waals surface area contributed by atoms with E-state index in [0.717, 1.165) is 41.5 Å². The monoisotopic (exact) mass is 429 g/mol. The maximum atomic E-state index is 13.1. The van der Waals surface area contributed by atoms with Crippen LogP contribution in [0.2, 0.25) is 0 Å². The molecule has 2 aromatic carbocycles. The van der Waals surface area contributed by atoms with Gasteiger partial charge in [0.25, 0.3) is 0 Å². The van der Waals surface area contributed by atoms with Crippen LogP contribution in [-0.2, 0) is 4.74 Å². The van der Waals surface area contributed by atoms with Gasteiger partial charge < -0.3 is 9.64 Å². The van der Waals surface area contributed by atoms with Gasteiger partial charge in [-0.05, 0) is 57.1 Å². The van der Waals surface area contributed by atoms with Gasteiger partial charge in [0, 0.05) is 36.1 Å². The summed E-state index contributed by atoms with van der Waals surface area (Å²) in [4.78, 5) is 27.2. The van der Waals surface area contributed by atoms with E-state index in [9.17, 15) is 9.59 Å². The van der Waals surface area contributed by atoms with Crippen LogP contribution >= 0.6 is 0 Å². The van der Waals surface area contributed by atoms with Gasteiger partial charge in [-0.3, -0.25) is 4.79 Å². The van der Waals surface area contributed by atoms with Crippen molar-refractivity contribution in [2.45, 2.75) is 51.6 Å². The Morgan fingerprint density at radius 2 is 1.59 bits per heavy atom. The average molecular weight is 430 g/mol. The van der Waals surface area contributed by atoms with Crippen molar-refractivity contribution in [1.29, 1.82) is 0 Å². The van der Waals surface area contributed by atoms with Gasteiger partial charge in [-0.2, -0.15) is 0 Å². The molecule has 1 fully saturated rings. The lowest BCUT2D eigenvalue weighted by molar-refractivity contribution is 0.0177. The predicted octanol–water partition coefficient (Wildman–Crippen LogP) is 5.65. The van der Waals surface area contributed by atoms with Crippen LogP contribution in [0, 0.1) is 24.2 Å². The summed E-state index contributed by atoms with van der Waals surface area (Å²) >= 11 is 0. The van der Waals surface area contributed by atoms with E-state index in [1.165, 1.54) is 0 Å². The zero-order valence-corrected chi connectivity index (χ0v) is 19.1. The molecule has 4 rings (SSSR count). The number of hydrogen-bond donors (Lipinski definition) is 0. The Kier molecular flexibility index (Phi) is 6.11. The van der Waals surface area contributed by atoms with Crippen LogP contribution in [-0.4, -0.2) is 35.5 Å². The Morgan fingerprint density at radius 1 is 1.06 bits per heavy atom. The third-order valence-electron chi connectivity index (χ3n) is 6.55. The van der Waals surface area contributed by atoms with Crippen molar-refractivity contribution in [3.8, 4) is 12.3 Å². The number of carbonyl (C=O) groups excluding carboxylic acids is 2. The molecular formula is C28H31NO3. The predicted molar refractivity (Wildman–Crippen MR) is 126 cm³/mol. The first-order valence-corrected chi connectivity index (χ1v) is 11.4. The number of ether oxygens (including phenoxy) is 1. The summed E-state index contributed by atoms with van der Waals surface area (Å²) in [5.41, 5.74) is 3.10. The van der Waals surface area contributed by atoms with Crippen LogP contribution in [0.5, 0.6) is 0 Å². The second-order valence-corrected chi connectivity index (χ2v) is 9.90. The number of ketones is 1. The number of likely N-dealkylation sites (tertiary alicyclic amines) is 1. The lowest BCUT2D eigenvalue weighted by atomic mass is 9.69. The zero-order valence-electron chi connectivity index (χ0n) is 19.1. The topological polar surface area (TPSA) is 46.6 Å². The number of terminal acetylenes is 1. The van der Waals surface area contributed by atoms with Crippen LogP contribution in [0.15, 0.2) is 48.5 Å². The quantitative estimate of drug-likeness (QED) is 0.593. The van der Waals surface area contributed by atoms with Crippen LogP contribution in [0.1, 0.15) is 73.0 Å². The molecule has 4 nitrogen and oxygen atoms in total. The minimum absolute atomic E-state index is 0.00832. The van der Waals surface area contributed by atoms with Gasteiger partial charge in [0.15, 0.2) is 5.78 Å². The van der Waals surface area contributed by atoms with E-state index in [4.69, 9.17) is 11.2 Å². The first-order chi connectivity index (χ1) is 15.3. The first-order valence-electron chi connectivity index (χ1n) is 11.4. The minimum atomic E-state index is -0.484. The van der Waals surface area contributed by atoms with Gasteiger partial charge in [0.1, 0.15) is 5.60 Å². The second-order valence-electron chi connectivity index (χ2n) is 9.90. The Labute approximate surface area is 191 Å². The molecule has 0 radical (unpaired) electrons. The third kappa shape index (κ3) is 4.43. The standard InChI is InChI=1S/C28H31NO3/c1-5-20(18-19-14-16-29(17-15-19)27(31)32-28(2,3)4)25-21-10-6-8-12-23(21)26(30)24-13-9-7-11-22(24)25/h1,6-13,19-20,25H,14-18H2,2-4H3. The highest BCUT2D eigenvalue weighted by Gasteiger charge is 2.36. The number of fused-ring (bicyclic) bond motifs is 2. The molecule has 1 atom stereocenters. The van der Waals surface area contributed by atoms with Gasteiger partial charge in [0.2, 0.25) is 0 Å². The molecule has 1 saturated heterocycles. The van der Waals surface area contributed by atoms with Crippen molar-refractivity contribution < 1.29 is 14.3 Å². The molecule has 1 amide bonds. The highest BCUT2D eigenvalue weighted by atomic mass is 16.6. The number of nitrogens with zero attached hydrogens (tertiary/aromatic N) is 1. The molecule has 0 N–H and O–H groups in total. The van der Waals surface area contributed by atoms with Crippen LogP contribution in [0.25, 0.3) is 0 Å². The largest absolute Gasteiger partial charge is 0.444 e. The van der Waals surface area contributed by atoms with Crippen LogP contribution in [0.3, 0.4) is 0 Å². The van der Waals surface area contributed by atoms with Gasteiger partial charge in [-0.25, -0.2) is 4.79 Å². The molecule has 32 heavy (non-hydrogen) atoms. The Bertz CT molecular complexity index is 1000. The lowest BCUT2D eigenvalue weighted by Crippen LogP contribution is -2.42. The van der Waals surface area contributed by atoms with Crippen molar-refractivity contribution in [2.24, 2.45) is 11.8 Å². The number of benzene rings is 2. The second kappa shape index (κ2) is 8.82. The van der Waals surface area contributed by atoms with E-state index in [1.54, 1.807) is 4.90 Å². The number of rotatable bonds is 3. The van der Waals surface area contributed by atoms with E-state index in [1.807, 2.05) is 69.3 Å².